The summed E-state index contributed by atoms with van der Waals surface area (Å²) in [5, 5.41) is 9.53. The molecule has 0 radical (unpaired) electrons. The van der Waals surface area contributed by atoms with Gasteiger partial charge in [-0.05, 0) is 37.5 Å². The zero-order valence-corrected chi connectivity index (χ0v) is 12.9. The molecule has 1 N–H and O–H groups in total. The molecule has 3 rings (SSSR count). The van der Waals surface area contributed by atoms with Crippen molar-refractivity contribution in [2.45, 2.75) is 45.1 Å². The van der Waals surface area contributed by atoms with Gasteiger partial charge in [0.25, 0.3) is 5.91 Å². The summed E-state index contributed by atoms with van der Waals surface area (Å²) in [4.78, 5) is 18.8. The first-order valence-corrected chi connectivity index (χ1v) is 8.04. The molecule has 1 aliphatic heterocycles. The SMILES string of the molecule is CCCCc1nc2cc(C(=O)N3CCC(O)CC3)ccc2o1. The van der Waals surface area contributed by atoms with E-state index in [1.54, 1.807) is 11.0 Å². The quantitative estimate of drug-likeness (QED) is 0.943. The van der Waals surface area contributed by atoms with Crippen LogP contribution in [0.5, 0.6) is 0 Å². The van der Waals surface area contributed by atoms with Gasteiger partial charge in [-0.3, -0.25) is 4.79 Å². The molecule has 0 bridgehead atoms. The number of aromatic nitrogens is 1. The zero-order valence-electron chi connectivity index (χ0n) is 12.9. The predicted octanol–water partition coefficient (Wildman–Crippen LogP) is 2.77. The first-order valence-electron chi connectivity index (χ1n) is 8.04. The number of piperidine rings is 1. The van der Waals surface area contributed by atoms with Gasteiger partial charge in [0.05, 0.1) is 6.10 Å². The van der Waals surface area contributed by atoms with E-state index >= 15 is 0 Å². The van der Waals surface area contributed by atoms with Crippen LogP contribution in [0.1, 0.15) is 48.9 Å². The van der Waals surface area contributed by atoms with Crippen molar-refractivity contribution < 1.29 is 14.3 Å². The molecule has 0 unspecified atom stereocenters. The van der Waals surface area contributed by atoms with Crippen molar-refractivity contribution in [3.8, 4) is 0 Å². The Morgan fingerprint density at radius 1 is 1.41 bits per heavy atom. The van der Waals surface area contributed by atoms with E-state index in [1.165, 1.54) is 0 Å². The van der Waals surface area contributed by atoms with Gasteiger partial charge < -0.3 is 14.4 Å². The molecule has 5 heteroatoms. The number of amides is 1. The lowest BCUT2D eigenvalue weighted by molar-refractivity contribution is 0.0546. The van der Waals surface area contributed by atoms with Gasteiger partial charge in [-0.1, -0.05) is 13.3 Å². The average molecular weight is 302 g/mol. The number of nitrogens with zero attached hydrogens (tertiary/aromatic N) is 2. The molecule has 2 heterocycles. The van der Waals surface area contributed by atoms with Gasteiger partial charge in [-0.25, -0.2) is 4.98 Å². The maximum absolute atomic E-state index is 12.5. The van der Waals surface area contributed by atoms with Crippen molar-refractivity contribution in [2.24, 2.45) is 0 Å². The van der Waals surface area contributed by atoms with Crippen molar-refractivity contribution in [1.82, 2.24) is 9.88 Å². The number of aliphatic hydroxyl groups excluding tert-OH is 1. The molecule has 1 aromatic heterocycles. The molecular weight excluding hydrogens is 280 g/mol. The lowest BCUT2D eigenvalue weighted by Crippen LogP contribution is -2.40. The highest BCUT2D eigenvalue weighted by atomic mass is 16.3. The van der Waals surface area contributed by atoms with Crippen LogP contribution in [0, 0.1) is 0 Å². The first-order chi connectivity index (χ1) is 10.7. The minimum Gasteiger partial charge on any atom is -0.441 e. The number of fused-ring (bicyclic) bond motifs is 1. The number of hydrogen-bond acceptors (Lipinski definition) is 4. The number of carbonyl (C=O) groups is 1. The number of aryl methyl sites for hydroxylation is 1. The zero-order chi connectivity index (χ0) is 15.5. The van der Waals surface area contributed by atoms with Crippen LogP contribution in [0.25, 0.3) is 11.1 Å². The molecule has 2 aromatic rings. The van der Waals surface area contributed by atoms with E-state index in [-0.39, 0.29) is 12.0 Å². The Balaban J connectivity index is 1.77. The molecule has 1 aliphatic rings. The highest BCUT2D eigenvalue weighted by molar-refractivity contribution is 5.97. The standard InChI is InChI=1S/C17H22N2O3/c1-2-3-4-16-18-14-11-12(5-6-15(14)22-16)17(21)19-9-7-13(20)8-10-19/h5-6,11,13,20H,2-4,7-10H2,1H3. The maximum atomic E-state index is 12.5. The molecule has 0 saturated carbocycles. The van der Waals surface area contributed by atoms with Gasteiger partial charge in [-0.2, -0.15) is 0 Å². The molecule has 22 heavy (non-hydrogen) atoms. The fourth-order valence-electron chi connectivity index (χ4n) is 2.79. The fraction of sp³-hybridized carbons (Fsp3) is 0.529. The number of benzene rings is 1. The predicted molar refractivity (Wildman–Crippen MR) is 83.8 cm³/mol. The van der Waals surface area contributed by atoms with Gasteiger partial charge in [0.2, 0.25) is 0 Å². The molecule has 0 aliphatic carbocycles. The number of hydrogen-bond donors (Lipinski definition) is 1. The lowest BCUT2D eigenvalue weighted by atomic mass is 10.1. The highest BCUT2D eigenvalue weighted by Crippen LogP contribution is 2.20. The molecule has 1 amide bonds. The van der Waals surface area contributed by atoms with Crippen molar-refractivity contribution in [3.05, 3.63) is 29.7 Å². The minimum absolute atomic E-state index is 0.00640. The highest BCUT2D eigenvalue weighted by Gasteiger charge is 2.22. The van der Waals surface area contributed by atoms with E-state index in [2.05, 4.69) is 11.9 Å². The molecule has 1 fully saturated rings. The van der Waals surface area contributed by atoms with E-state index in [4.69, 9.17) is 4.42 Å². The van der Waals surface area contributed by atoms with Crippen molar-refractivity contribution in [3.63, 3.8) is 0 Å². The normalized spacial score (nSPS) is 16.4. The first kappa shape index (κ1) is 15.0. The fourth-order valence-corrected chi connectivity index (χ4v) is 2.79. The van der Waals surface area contributed by atoms with Crippen LogP contribution < -0.4 is 0 Å². The Kier molecular flexibility index (Phi) is 4.43. The molecule has 0 spiro atoms. The summed E-state index contributed by atoms with van der Waals surface area (Å²) in [5.74, 6) is 0.745. The summed E-state index contributed by atoms with van der Waals surface area (Å²) in [6.45, 7) is 3.35. The van der Waals surface area contributed by atoms with Gasteiger partial charge in [-0.15, -0.1) is 0 Å². The van der Waals surface area contributed by atoms with Crippen molar-refractivity contribution >= 4 is 17.0 Å². The average Bonchev–Trinajstić information content (AvgIpc) is 2.94. The topological polar surface area (TPSA) is 66.6 Å². The number of rotatable bonds is 4. The third-order valence-corrected chi connectivity index (χ3v) is 4.17. The molecule has 0 atom stereocenters. The van der Waals surface area contributed by atoms with Gasteiger partial charge in [0.15, 0.2) is 11.5 Å². The number of oxazole rings is 1. The summed E-state index contributed by atoms with van der Waals surface area (Å²) >= 11 is 0. The Morgan fingerprint density at radius 2 is 2.18 bits per heavy atom. The Bertz CT molecular complexity index is 657. The summed E-state index contributed by atoms with van der Waals surface area (Å²) < 4.78 is 5.70. The largest absolute Gasteiger partial charge is 0.441 e. The third kappa shape index (κ3) is 3.14. The second kappa shape index (κ2) is 6.48. The second-order valence-corrected chi connectivity index (χ2v) is 5.92. The summed E-state index contributed by atoms with van der Waals surface area (Å²) in [6, 6.07) is 5.43. The minimum atomic E-state index is -0.275. The third-order valence-electron chi connectivity index (χ3n) is 4.17. The van der Waals surface area contributed by atoms with Crippen LogP contribution >= 0.6 is 0 Å². The lowest BCUT2D eigenvalue weighted by Gasteiger charge is -2.29. The van der Waals surface area contributed by atoms with E-state index < -0.39 is 0 Å². The van der Waals surface area contributed by atoms with Gasteiger partial charge >= 0.3 is 0 Å². The van der Waals surface area contributed by atoms with E-state index in [0.717, 1.165) is 36.3 Å². The number of unbranched alkanes of at least 4 members (excludes halogenated alkanes) is 1. The number of carbonyl (C=O) groups excluding carboxylic acids is 1. The molecule has 118 valence electrons. The van der Waals surface area contributed by atoms with Crippen LogP contribution in [0.4, 0.5) is 0 Å². The smallest absolute Gasteiger partial charge is 0.253 e. The van der Waals surface area contributed by atoms with Crippen molar-refractivity contribution in [1.29, 1.82) is 0 Å². The number of likely N-dealkylation sites (tertiary alicyclic amines) is 1. The number of aliphatic hydroxyl groups is 1. The van der Waals surface area contributed by atoms with Crippen LogP contribution in [0.15, 0.2) is 22.6 Å². The van der Waals surface area contributed by atoms with Crippen LogP contribution in [-0.2, 0) is 6.42 Å². The molecule has 5 nitrogen and oxygen atoms in total. The monoisotopic (exact) mass is 302 g/mol. The van der Waals surface area contributed by atoms with Gasteiger partial charge in [0, 0.05) is 25.1 Å². The Labute approximate surface area is 129 Å². The van der Waals surface area contributed by atoms with E-state index in [9.17, 15) is 9.90 Å². The van der Waals surface area contributed by atoms with Crippen LogP contribution in [-0.4, -0.2) is 40.1 Å². The maximum Gasteiger partial charge on any atom is 0.253 e. The molecular formula is C17H22N2O3. The van der Waals surface area contributed by atoms with E-state index in [1.807, 2.05) is 12.1 Å². The van der Waals surface area contributed by atoms with Crippen molar-refractivity contribution in [2.75, 3.05) is 13.1 Å². The molecule has 1 aromatic carbocycles. The second-order valence-electron chi connectivity index (χ2n) is 5.92. The summed E-state index contributed by atoms with van der Waals surface area (Å²) in [6.07, 6.45) is 4.01. The summed E-state index contributed by atoms with van der Waals surface area (Å²) in [7, 11) is 0. The molecule has 1 saturated heterocycles. The van der Waals surface area contributed by atoms with E-state index in [0.29, 0.717) is 31.5 Å². The Hall–Kier alpha value is -1.88. The summed E-state index contributed by atoms with van der Waals surface area (Å²) in [5.41, 5.74) is 2.12. The van der Waals surface area contributed by atoms with Crippen LogP contribution in [0.2, 0.25) is 0 Å². The van der Waals surface area contributed by atoms with Gasteiger partial charge in [0.1, 0.15) is 5.52 Å². The Morgan fingerprint density at radius 3 is 2.91 bits per heavy atom. The van der Waals surface area contributed by atoms with Crippen LogP contribution in [0.3, 0.4) is 0 Å².